The highest BCUT2D eigenvalue weighted by Gasteiger charge is 2.20. The van der Waals surface area contributed by atoms with Crippen LogP contribution in [0.4, 0.5) is 10.3 Å². The summed E-state index contributed by atoms with van der Waals surface area (Å²) >= 11 is 0. The molecule has 6 heteroatoms. The van der Waals surface area contributed by atoms with Gasteiger partial charge in [-0.1, -0.05) is 12.2 Å². The Kier molecular flexibility index (Phi) is 2.60. The van der Waals surface area contributed by atoms with E-state index in [1.807, 2.05) is 6.07 Å². The molecule has 0 saturated heterocycles. The molecular weight excluding hydrogens is 209 g/mol. The highest BCUT2D eigenvalue weighted by atomic mass is 19.1. The average molecular weight is 217 g/mol. The van der Waals surface area contributed by atoms with Crippen LogP contribution in [0.3, 0.4) is 0 Å². The fraction of sp³-hybridized carbons (Fsp3) is 0.200. The smallest absolute Gasteiger partial charge is 0.240 e. The lowest BCUT2D eigenvalue weighted by Gasteiger charge is -2.13. The SMILES string of the molecule is N#CC1C=CC(c2cnc(N)nn2)=CC1F. The molecule has 2 atom stereocenters. The lowest BCUT2D eigenvalue weighted by molar-refractivity contribution is 0.359. The Balaban J connectivity index is 2.28. The molecule has 0 amide bonds. The molecular formula is C10H8FN5. The molecule has 1 aromatic heterocycles. The maximum Gasteiger partial charge on any atom is 0.240 e. The number of rotatable bonds is 1. The van der Waals surface area contributed by atoms with E-state index in [1.165, 1.54) is 18.3 Å². The van der Waals surface area contributed by atoms with Crippen molar-refractivity contribution in [2.24, 2.45) is 5.92 Å². The largest absolute Gasteiger partial charge is 0.366 e. The number of alkyl halides is 1. The third-order valence-electron chi connectivity index (χ3n) is 2.19. The van der Waals surface area contributed by atoms with Crippen molar-refractivity contribution in [3.05, 3.63) is 30.1 Å². The van der Waals surface area contributed by atoms with Gasteiger partial charge in [0.05, 0.1) is 18.2 Å². The van der Waals surface area contributed by atoms with Crippen molar-refractivity contribution in [1.82, 2.24) is 15.2 Å². The first-order valence-electron chi connectivity index (χ1n) is 4.60. The number of allylic oxidation sites excluding steroid dienone is 4. The van der Waals surface area contributed by atoms with E-state index in [4.69, 9.17) is 11.0 Å². The molecule has 0 spiro atoms. The van der Waals surface area contributed by atoms with Crippen LogP contribution in [-0.4, -0.2) is 21.4 Å². The molecule has 2 N–H and O–H groups in total. The molecule has 1 aliphatic rings. The molecule has 0 saturated carbocycles. The Bertz CT molecular complexity index is 485. The Morgan fingerprint density at radius 2 is 2.25 bits per heavy atom. The first-order chi connectivity index (χ1) is 7.70. The van der Waals surface area contributed by atoms with Crippen LogP contribution in [0.5, 0.6) is 0 Å². The number of nitrogens with zero attached hydrogens (tertiary/aromatic N) is 4. The van der Waals surface area contributed by atoms with Gasteiger partial charge in [-0.3, -0.25) is 0 Å². The van der Waals surface area contributed by atoms with Crippen molar-refractivity contribution in [2.75, 3.05) is 5.73 Å². The second kappa shape index (κ2) is 4.06. The maximum atomic E-state index is 13.4. The van der Waals surface area contributed by atoms with Crippen molar-refractivity contribution < 1.29 is 4.39 Å². The first-order valence-corrected chi connectivity index (χ1v) is 4.60. The molecule has 0 radical (unpaired) electrons. The van der Waals surface area contributed by atoms with E-state index in [1.54, 1.807) is 6.08 Å². The lowest BCUT2D eigenvalue weighted by Crippen LogP contribution is -2.13. The van der Waals surface area contributed by atoms with Gasteiger partial charge in [0.2, 0.25) is 5.95 Å². The second-order valence-corrected chi connectivity index (χ2v) is 3.28. The molecule has 1 aromatic rings. The maximum absolute atomic E-state index is 13.4. The Morgan fingerprint density at radius 1 is 1.44 bits per heavy atom. The fourth-order valence-electron chi connectivity index (χ4n) is 1.35. The van der Waals surface area contributed by atoms with Crippen LogP contribution in [0.15, 0.2) is 24.4 Å². The number of hydrogen-bond donors (Lipinski definition) is 1. The van der Waals surface area contributed by atoms with Crippen molar-refractivity contribution in [3.63, 3.8) is 0 Å². The van der Waals surface area contributed by atoms with Crippen LogP contribution < -0.4 is 5.73 Å². The molecule has 0 aliphatic heterocycles. The predicted octanol–water partition coefficient (Wildman–Crippen LogP) is 0.885. The summed E-state index contributed by atoms with van der Waals surface area (Å²) in [6, 6.07) is 1.86. The minimum absolute atomic E-state index is 0.0656. The van der Waals surface area contributed by atoms with Crippen molar-refractivity contribution in [1.29, 1.82) is 5.26 Å². The van der Waals surface area contributed by atoms with E-state index >= 15 is 0 Å². The fourth-order valence-corrected chi connectivity index (χ4v) is 1.35. The van der Waals surface area contributed by atoms with Gasteiger partial charge in [0.1, 0.15) is 11.9 Å². The summed E-state index contributed by atoms with van der Waals surface area (Å²) in [5, 5.41) is 16.0. The molecule has 2 rings (SSSR count). The summed E-state index contributed by atoms with van der Waals surface area (Å²) < 4.78 is 13.4. The summed E-state index contributed by atoms with van der Waals surface area (Å²) in [4.78, 5) is 3.76. The second-order valence-electron chi connectivity index (χ2n) is 3.28. The van der Waals surface area contributed by atoms with Gasteiger partial charge in [-0.25, -0.2) is 9.37 Å². The van der Waals surface area contributed by atoms with Gasteiger partial charge in [-0.2, -0.15) is 5.26 Å². The Hall–Kier alpha value is -2.29. The number of aromatic nitrogens is 3. The predicted molar refractivity (Wildman–Crippen MR) is 55.4 cm³/mol. The number of anilines is 1. The van der Waals surface area contributed by atoms with E-state index in [-0.39, 0.29) is 5.95 Å². The van der Waals surface area contributed by atoms with Gasteiger partial charge < -0.3 is 5.73 Å². The van der Waals surface area contributed by atoms with E-state index in [9.17, 15) is 4.39 Å². The molecule has 0 aromatic carbocycles. The van der Waals surface area contributed by atoms with Gasteiger partial charge >= 0.3 is 0 Å². The van der Waals surface area contributed by atoms with Crippen LogP contribution in [0, 0.1) is 17.2 Å². The quantitative estimate of drug-likeness (QED) is 0.754. The zero-order valence-corrected chi connectivity index (χ0v) is 8.21. The molecule has 2 unspecified atom stereocenters. The van der Waals surface area contributed by atoms with Gasteiger partial charge in [0.25, 0.3) is 0 Å². The molecule has 5 nitrogen and oxygen atoms in total. The number of halogens is 1. The molecule has 0 fully saturated rings. The zero-order chi connectivity index (χ0) is 11.5. The summed E-state index contributed by atoms with van der Waals surface area (Å²) in [7, 11) is 0. The minimum atomic E-state index is -1.33. The van der Waals surface area contributed by atoms with Crippen LogP contribution >= 0.6 is 0 Å². The van der Waals surface area contributed by atoms with Crippen molar-refractivity contribution >= 4 is 11.5 Å². The number of nitrogens with two attached hydrogens (primary N) is 1. The molecule has 80 valence electrons. The van der Waals surface area contributed by atoms with Crippen LogP contribution in [-0.2, 0) is 0 Å². The van der Waals surface area contributed by atoms with E-state index < -0.39 is 12.1 Å². The molecule has 1 aliphatic carbocycles. The highest BCUT2D eigenvalue weighted by Crippen LogP contribution is 2.24. The monoisotopic (exact) mass is 217 g/mol. The Labute approximate surface area is 91.1 Å². The van der Waals surface area contributed by atoms with Gasteiger partial charge in [-0.15, -0.1) is 10.2 Å². The zero-order valence-electron chi connectivity index (χ0n) is 8.21. The van der Waals surface area contributed by atoms with E-state index in [0.717, 1.165) is 0 Å². The lowest BCUT2D eigenvalue weighted by atomic mass is 9.95. The summed E-state index contributed by atoms with van der Waals surface area (Å²) in [6.45, 7) is 0. The molecule has 1 heterocycles. The Morgan fingerprint density at radius 3 is 2.81 bits per heavy atom. The van der Waals surface area contributed by atoms with Gasteiger partial charge in [0, 0.05) is 5.57 Å². The van der Waals surface area contributed by atoms with Gasteiger partial charge in [-0.05, 0) is 6.08 Å². The van der Waals surface area contributed by atoms with Crippen LogP contribution in [0.2, 0.25) is 0 Å². The van der Waals surface area contributed by atoms with Crippen LogP contribution in [0.25, 0.3) is 5.57 Å². The number of nitrogen functional groups attached to an aromatic ring is 1. The standard InChI is InChI=1S/C10H8FN5/c11-8-3-6(1-2-7(8)4-12)9-5-14-10(13)16-15-9/h1-3,5,7-8H,(H2,13,14,16). The van der Waals surface area contributed by atoms with Gasteiger partial charge in [0.15, 0.2) is 0 Å². The molecule has 16 heavy (non-hydrogen) atoms. The third kappa shape index (κ3) is 1.88. The number of nitriles is 1. The van der Waals surface area contributed by atoms with Crippen molar-refractivity contribution in [3.8, 4) is 6.07 Å². The first kappa shape index (κ1) is 10.2. The van der Waals surface area contributed by atoms with E-state index in [0.29, 0.717) is 11.3 Å². The van der Waals surface area contributed by atoms with E-state index in [2.05, 4.69) is 15.2 Å². The minimum Gasteiger partial charge on any atom is -0.366 e. The summed E-state index contributed by atoms with van der Waals surface area (Å²) in [5.41, 5.74) is 6.28. The van der Waals surface area contributed by atoms with Crippen LogP contribution in [0.1, 0.15) is 5.69 Å². The topological polar surface area (TPSA) is 88.5 Å². The summed E-state index contributed by atoms with van der Waals surface area (Å²) in [5.74, 6) is -0.672. The summed E-state index contributed by atoms with van der Waals surface area (Å²) in [6.07, 6.45) is 4.54. The number of hydrogen-bond acceptors (Lipinski definition) is 5. The third-order valence-corrected chi connectivity index (χ3v) is 2.19. The normalized spacial score (nSPS) is 23.6. The average Bonchev–Trinajstić information content (AvgIpc) is 2.30. The molecule has 0 bridgehead atoms. The van der Waals surface area contributed by atoms with Crippen molar-refractivity contribution in [2.45, 2.75) is 6.17 Å². The highest BCUT2D eigenvalue weighted by molar-refractivity contribution is 5.73.